The molecule has 0 N–H and O–H groups in total. The maximum atomic E-state index is 2.51. The molecule has 0 nitrogen and oxygen atoms in total. The van der Waals surface area contributed by atoms with E-state index in [-0.39, 0.29) is 0 Å². The van der Waals surface area contributed by atoms with Gasteiger partial charge in [-0.15, -0.1) is 0 Å². The lowest BCUT2D eigenvalue weighted by Crippen LogP contribution is -2.14. The Morgan fingerprint density at radius 2 is 1.19 bits per heavy atom. The van der Waals surface area contributed by atoms with E-state index in [1.54, 1.807) is 16.7 Å². The third-order valence-electron chi connectivity index (χ3n) is 7.91. The Hall–Kier alpha value is -0.780. The summed E-state index contributed by atoms with van der Waals surface area (Å²) in [6.45, 7) is 6.98. The summed E-state index contributed by atoms with van der Waals surface area (Å²) in [5.41, 5.74) is 4.80. The van der Waals surface area contributed by atoms with Gasteiger partial charge in [0.05, 0.1) is 0 Å². The molecule has 0 aliphatic heterocycles. The molecule has 1 aromatic rings. The van der Waals surface area contributed by atoms with E-state index in [0.717, 1.165) is 11.8 Å². The van der Waals surface area contributed by atoms with Gasteiger partial charge in [0.25, 0.3) is 0 Å². The summed E-state index contributed by atoms with van der Waals surface area (Å²) in [5.74, 6) is 1.85. The Balaban J connectivity index is 1.61. The molecular formula is C31H54. The lowest BCUT2D eigenvalue weighted by atomic mass is 9.76. The molecule has 0 radical (unpaired) electrons. The molecule has 0 spiro atoms. The van der Waals surface area contributed by atoms with Gasteiger partial charge < -0.3 is 0 Å². The summed E-state index contributed by atoms with van der Waals surface area (Å²) in [5, 5.41) is 0. The molecule has 0 unspecified atom stereocenters. The summed E-state index contributed by atoms with van der Waals surface area (Å²) in [4.78, 5) is 0. The first-order valence-corrected chi connectivity index (χ1v) is 14.3. The van der Waals surface area contributed by atoms with Crippen molar-refractivity contribution in [3.63, 3.8) is 0 Å². The Morgan fingerprint density at radius 1 is 0.645 bits per heavy atom. The maximum Gasteiger partial charge on any atom is -0.0159 e. The molecule has 31 heavy (non-hydrogen) atoms. The fourth-order valence-corrected chi connectivity index (χ4v) is 5.79. The molecule has 0 atom stereocenters. The van der Waals surface area contributed by atoms with Gasteiger partial charge in [0.15, 0.2) is 0 Å². The smallest absolute Gasteiger partial charge is 0.0159 e. The number of hydrogen-bond acceptors (Lipinski definition) is 0. The molecule has 1 aromatic carbocycles. The Labute approximate surface area is 196 Å². The molecule has 0 heteroatoms. The van der Waals surface area contributed by atoms with Gasteiger partial charge in [0.1, 0.15) is 0 Å². The molecule has 1 saturated carbocycles. The highest BCUT2D eigenvalue weighted by atomic mass is 14.3. The summed E-state index contributed by atoms with van der Waals surface area (Å²) < 4.78 is 0. The second-order valence-corrected chi connectivity index (χ2v) is 10.7. The Morgan fingerprint density at radius 3 is 1.77 bits per heavy atom. The molecule has 0 amide bonds. The maximum absolute atomic E-state index is 2.51. The Kier molecular flexibility index (Phi) is 14.3. The standard InChI is InChI=1S/C31H54/c1-4-6-8-10-12-14-16-18-28-20-23-30(24-21-28)31-25-22-29(26-27(31)3)19-17-15-13-11-9-7-5-2/h22,25-26,28,30H,4-21,23-24H2,1-3H3. The SMILES string of the molecule is CCCCCCCCCc1ccc(C2CCC(CCCCCCCCC)CC2)c(C)c1. The van der Waals surface area contributed by atoms with Crippen LogP contribution in [0.15, 0.2) is 18.2 Å². The van der Waals surface area contributed by atoms with Gasteiger partial charge in [-0.25, -0.2) is 0 Å². The highest BCUT2D eigenvalue weighted by Crippen LogP contribution is 2.39. The van der Waals surface area contributed by atoms with Gasteiger partial charge in [-0.1, -0.05) is 122 Å². The molecule has 0 saturated heterocycles. The van der Waals surface area contributed by atoms with Crippen LogP contribution in [0.1, 0.15) is 158 Å². The number of hydrogen-bond donors (Lipinski definition) is 0. The van der Waals surface area contributed by atoms with Crippen LogP contribution in [0.25, 0.3) is 0 Å². The first kappa shape index (κ1) is 26.5. The van der Waals surface area contributed by atoms with Gasteiger partial charge in [0.2, 0.25) is 0 Å². The highest BCUT2D eigenvalue weighted by molar-refractivity contribution is 5.34. The zero-order chi connectivity index (χ0) is 22.2. The van der Waals surface area contributed by atoms with Gasteiger partial charge in [-0.2, -0.15) is 0 Å². The quantitative estimate of drug-likeness (QED) is 0.217. The average Bonchev–Trinajstić information content (AvgIpc) is 2.78. The highest BCUT2D eigenvalue weighted by Gasteiger charge is 2.23. The number of rotatable bonds is 17. The molecule has 0 bridgehead atoms. The molecule has 0 aromatic heterocycles. The summed E-state index contributed by atoms with van der Waals surface area (Å²) in [6.07, 6.45) is 28.6. The monoisotopic (exact) mass is 426 g/mol. The molecule has 178 valence electrons. The van der Waals surface area contributed by atoms with Crippen LogP contribution in [0, 0.1) is 12.8 Å². The van der Waals surface area contributed by atoms with E-state index in [9.17, 15) is 0 Å². The summed E-state index contributed by atoms with van der Waals surface area (Å²) in [6, 6.07) is 7.45. The van der Waals surface area contributed by atoms with E-state index in [1.807, 2.05) is 0 Å². The predicted molar refractivity (Wildman–Crippen MR) is 140 cm³/mol. The van der Waals surface area contributed by atoms with E-state index < -0.39 is 0 Å². The van der Waals surface area contributed by atoms with Crippen molar-refractivity contribution in [3.05, 3.63) is 34.9 Å². The largest absolute Gasteiger partial charge is 0.0654 e. The molecule has 1 fully saturated rings. The van der Waals surface area contributed by atoms with Gasteiger partial charge in [-0.05, 0) is 74.0 Å². The molecule has 0 heterocycles. The van der Waals surface area contributed by atoms with Gasteiger partial charge >= 0.3 is 0 Å². The van der Waals surface area contributed by atoms with Crippen molar-refractivity contribution in [2.45, 2.75) is 155 Å². The van der Waals surface area contributed by atoms with Crippen molar-refractivity contribution in [1.29, 1.82) is 0 Å². The van der Waals surface area contributed by atoms with Crippen molar-refractivity contribution in [2.75, 3.05) is 0 Å². The van der Waals surface area contributed by atoms with Crippen molar-refractivity contribution in [2.24, 2.45) is 5.92 Å². The number of benzene rings is 1. The van der Waals surface area contributed by atoms with Crippen molar-refractivity contribution >= 4 is 0 Å². The van der Waals surface area contributed by atoms with Crippen LogP contribution >= 0.6 is 0 Å². The minimum atomic E-state index is 0.831. The normalized spacial score (nSPS) is 19.1. The topological polar surface area (TPSA) is 0 Å². The van der Waals surface area contributed by atoms with Crippen LogP contribution in [0.3, 0.4) is 0 Å². The van der Waals surface area contributed by atoms with E-state index in [0.29, 0.717) is 0 Å². The fraction of sp³-hybridized carbons (Fsp3) is 0.806. The predicted octanol–water partition coefficient (Wildman–Crippen LogP) is 10.7. The fourth-order valence-electron chi connectivity index (χ4n) is 5.79. The van der Waals surface area contributed by atoms with Crippen LogP contribution < -0.4 is 0 Å². The Bertz CT molecular complexity index is 549. The zero-order valence-electron chi connectivity index (χ0n) is 21.5. The second kappa shape index (κ2) is 16.8. The van der Waals surface area contributed by atoms with E-state index in [4.69, 9.17) is 0 Å². The van der Waals surface area contributed by atoms with E-state index >= 15 is 0 Å². The van der Waals surface area contributed by atoms with Crippen molar-refractivity contribution in [3.8, 4) is 0 Å². The van der Waals surface area contributed by atoms with Gasteiger partial charge in [0, 0.05) is 0 Å². The lowest BCUT2D eigenvalue weighted by molar-refractivity contribution is 0.301. The first-order valence-electron chi connectivity index (χ1n) is 14.3. The van der Waals surface area contributed by atoms with Crippen molar-refractivity contribution < 1.29 is 0 Å². The molecule has 1 aliphatic carbocycles. The van der Waals surface area contributed by atoms with Crippen LogP contribution in [-0.4, -0.2) is 0 Å². The van der Waals surface area contributed by atoms with E-state index in [1.165, 1.54) is 128 Å². The molecule has 2 rings (SSSR count). The number of unbranched alkanes of at least 4 members (excludes halogenated alkanes) is 12. The minimum absolute atomic E-state index is 0.831. The number of aryl methyl sites for hydroxylation is 2. The summed E-state index contributed by atoms with van der Waals surface area (Å²) in [7, 11) is 0. The summed E-state index contributed by atoms with van der Waals surface area (Å²) >= 11 is 0. The zero-order valence-corrected chi connectivity index (χ0v) is 21.5. The van der Waals surface area contributed by atoms with Crippen LogP contribution in [-0.2, 0) is 6.42 Å². The van der Waals surface area contributed by atoms with Crippen LogP contribution in [0.5, 0.6) is 0 Å². The van der Waals surface area contributed by atoms with Crippen molar-refractivity contribution in [1.82, 2.24) is 0 Å². The second-order valence-electron chi connectivity index (χ2n) is 10.7. The minimum Gasteiger partial charge on any atom is -0.0654 e. The molecule has 1 aliphatic rings. The van der Waals surface area contributed by atoms with Crippen LogP contribution in [0.2, 0.25) is 0 Å². The third-order valence-corrected chi connectivity index (χ3v) is 7.91. The van der Waals surface area contributed by atoms with Crippen LogP contribution in [0.4, 0.5) is 0 Å². The average molecular weight is 427 g/mol. The third kappa shape index (κ3) is 11.1. The lowest BCUT2D eigenvalue weighted by Gasteiger charge is -2.30. The molecular weight excluding hydrogens is 372 g/mol. The van der Waals surface area contributed by atoms with E-state index in [2.05, 4.69) is 39.0 Å². The van der Waals surface area contributed by atoms with Gasteiger partial charge in [-0.3, -0.25) is 0 Å². The first-order chi connectivity index (χ1) is 15.2.